The topological polar surface area (TPSA) is 98.3 Å². The molecule has 110 valence electrons. The fraction of sp³-hybridized carbons (Fsp3) is 0.417. The molecular weight excluding hydrogens is 285 g/mol. The number of nitrogen functional groups attached to an aromatic ring is 1. The average molecular weight is 301 g/mol. The Labute approximate surface area is 120 Å². The summed E-state index contributed by atoms with van der Waals surface area (Å²) in [4.78, 5) is 21.9. The Morgan fingerprint density at radius 3 is 2.80 bits per heavy atom. The van der Waals surface area contributed by atoms with Gasteiger partial charge in [-0.2, -0.15) is 11.8 Å². The highest BCUT2D eigenvalue weighted by molar-refractivity contribution is 7.99. The van der Waals surface area contributed by atoms with Crippen LogP contribution in [0, 0.1) is 15.9 Å². The molecule has 6 nitrogen and oxygen atoms in total. The van der Waals surface area contributed by atoms with Gasteiger partial charge in [0.25, 0.3) is 11.6 Å². The zero-order valence-corrected chi connectivity index (χ0v) is 12.0. The monoisotopic (exact) mass is 301 g/mol. The van der Waals surface area contributed by atoms with E-state index >= 15 is 0 Å². The standard InChI is InChI=1S/C12H16FN3O3S/c1-3-20-6-7(2)15-12(17)9-4-8(13)5-10(11(9)14)16(18)19/h4-5,7H,3,6,14H2,1-2H3,(H,15,17). The summed E-state index contributed by atoms with van der Waals surface area (Å²) in [5.41, 5.74) is 4.40. The lowest BCUT2D eigenvalue weighted by molar-refractivity contribution is -0.384. The van der Waals surface area contributed by atoms with Crippen molar-refractivity contribution < 1.29 is 14.1 Å². The molecule has 1 atom stereocenters. The van der Waals surface area contributed by atoms with Crippen LogP contribution in [-0.2, 0) is 0 Å². The van der Waals surface area contributed by atoms with Gasteiger partial charge in [0.1, 0.15) is 11.5 Å². The van der Waals surface area contributed by atoms with Crippen LogP contribution in [0.5, 0.6) is 0 Å². The summed E-state index contributed by atoms with van der Waals surface area (Å²) in [6, 6.07) is 1.45. The first-order valence-corrected chi connectivity index (χ1v) is 7.14. The fourth-order valence-corrected chi connectivity index (χ4v) is 2.25. The average Bonchev–Trinajstić information content (AvgIpc) is 2.38. The molecule has 3 N–H and O–H groups in total. The summed E-state index contributed by atoms with van der Waals surface area (Å²) >= 11 is 1.64. The number of carbonyl (C=O) groups excluding carboxylic acids is 1. The van der Waals surface area contributed by atoms with Gasteiger partial charge in [0, 0.05) is 11.8 Å². The number of benzene rings is 1. The molecule has 1 unspecified atom stereocenters. The molecule has 1 amide bonds. The third kappa shape index (κ3) is 4.09. The van der Waals surface area contributed by atoms with Crippen LogP contribution in [0.4, 0.5) is 15.8 Å². The summed E-state index contributed by atoms with van der Waals surface area (Å²) in [6.07, 6.45) is 0. The lowest BCUT2D eigenvalue weighted by atomic mass is 10.1. The predicted octanol–water partition coefficient (Wildman–Crippen LogP) is 2.19. The number of nitrogens with two attached hydrogens (primary N) is 1. The van der Waals surface area contributed by atoms with Crippen LogP contribution in [0.1, 0.15) is 24.2 Å². The molecule has 0 aliphatic rings. The Morgan fingerprint density at radius 1 is 1.60 bits per heavy atom. The molecule has 1 rings (SSSR count). The Hall–Kier alpha value is -1.83. The molecule has 0 saturated carbocycles. The number of nitrogens with one attached hydrogen (secondary N) is 1. The highest BCUT2D eigenvalue weighted by Crippen LogP contribution is 2.26. The molecule has 0 aromatic heterocycles. The van der Waals surface area contributed by atoms with E-state index in [0.717, 1.165) is 11.8 Å². The van der Waals surface area contributed by atoms with Crippen molar-refractivity contribution in [2.75, 3.05) is 17.2 Å². The van der Waals surface area contributed by atoms with E-state index in [0.29, 0.717) is 11.8 Å². The van der Waals surface area contributed by atoms with Gasteiger partial charge in [-0.05, 0) is 18.7 Å². The minimum absolute atomic E-state index is 0.144. The maximum absolute atomic E-state index is 13.3. The molecule has 0 fully saturated rings. The SMILES string of the molecule is CCSCC(C)NC(=O)c1cc(F)cc([N+](=O)[O-])c1N. The van der Waals surface area contributed by atoms with Crippen molar-refractivity contribution in [3.05, 3.63) is 33.6 Å². The van der Waals surface area contributed by atoms with Gasteiger partial charge >= 0.3 is 0 Å². The number of nitrogens with zero attached hydrogens (tertiary/aromatic N) is 1. The van der Waals surface area contributed by atoms with E-state index < -0.39 is 22.3 Å². The Morgan fingerprint density at radius 2 is 2.25 bits per heavy atom. The van der Waals surface area contributed by atoms with Crippen LogP contribution in [0.2, 0.25) is 0 Å². The quantitative estimate of drug-likeness (QED) is 0.477. The number of anilines is 1. The molecule has 20 heavy (non-hydrogen) atoms. The lowest BCUT2D eigenvalue weighted by Crippen LogP contribution is -2.34. The maximum atomic E-state index is 13.3. The first-order valence-electron chi connectivity index (χ1n) is 5.98. The zero-order valence-electron chi connectivity index (χ0n) is 11.2. The van der Waals surface area contributed by atoms with Crippen molar-refractivity contribution in [3.8, 4) is 0 Å². The van der Waals surface area contributed by atoms with Gasteiger partial charge in [-0.1, -0.05) is 6.92 Å². The summed E-state index contributed by atoms with van der Waals surface area (Å²) in [5, 5.41) is 13.4. The van der Waals surface area contributed by atoms with E-state index in [1.54, 1.807) is 18.7 Å². The number of rotatable bonds is 6. The minimum Gasteiger partial charge on any atom is -0.393 e. The Bertz CT molecular complexity index is 525. The first-order chi connectivity index (χ1) is 9.36. The predicted molar refractivity (Wildman–Crippen MR) is 77.4 cm³/mol. The number of hydrogen-bond donors (Lipinski definition) is 2. The van der Waals surface area contributed by atoms with Gasteiger partial charge in [-0.3, -0.25) is 14.9 Å². The molecule has 0 spiro atoms. The number of nitro groups is 1. The van der Waals surface area contributed by atoms with Crippen molar-refractivity contribution in [1.29, 1.82) is 0 Å². The van der Waals surface area contributed by atoms with E-state index in [9.17, 15) is 19.3 Å². The fourth-order valence-electron chi connectivity index (χ4n) is 1.58. The number of hydrogen-bond acceptors (Lipinski definition) is 5. The van der Waals surface area contributed by atoms with Gasteiger partial charge in [0.2, 0.25) is 0 Å². The Balaban J connectivity index is 2.96. The van der Waals surface area contributed by atoms with E-state index in [1.807, 2.05) is 6.92 Å². The molecule has 8 heteroatoms. The van der Waals surface area contributed by atoms with E-state index in [1.165, 1.54) is 0 Å². The summed E-state index contributed by atoms with van der Waals surface area (Å²) in [6.45, 7) is 3.79. The van der Waals surface area contributed by atoms with Crippen molar-refractivity contribution in [3.63, 3.8) is 0 Å². The zero-order chi connectivity index (χ0) is 15.3. The molecule has 1 aromatic carbocycles. The van der Waals surface area contributed by atoms with Crippen LogP contribution in [0.15, 0.2) is 12.1 Å². The van der Waals surface area contributed by atoms with Gasteiger partial charge in [-0.15, -0.1) is 0 Å². The van der Waals surface area contributed by atoms with E-state index in [2.05, 4.69) is 5.32 Å². The molecule has 0 saturated heterocycles. The van der Waals surface area contributed by atoms with Crippen LogP contribution in [0.25, 0.3) is 0 Å². The number of thioether (sulfide) groups is 1. The molecule has 0 aliphatic carbocycles. The number of halogens is 1. The molecule has 1 aromatic rings. The summed E-state index contributed by atoms with van der Waals surface area (Å²) in [7, 11) is 0. The van der Waals surface area contributed by atoms with E-state index in [4.69, 9.17) is 5.73 Å². The second-order valence-electron chi connectivity index (χ2n) is 4.18. The van der Waals surface area contributed by atoms with Crippen molar-refractivity contribution in [1.82, 2.24) is 5.32 Å². The van der Waals surface area contributed by atoms with Crippen molar-refractivity contribution >= 4 is 29.0 Å². The van der Waals surface area contributed by atoms with Crippen LogP contribution >= 0.6 is 11.8 Å². The molecule has 0 radical (unpaired) electrons. The van der Waals surface area contributed by atoms with Crippen LogP contribution in [-0.4, -0.2) is 28.4 Å². The van der Waals surface area contributed by atoms with Gasteiger partial charge in [0.05, 0.1) is 16.6 Å². The highest BCUT2D eigenvalue weighted by atomic mass is 32.2. The smallest absolute Gasteiger partial charge is 0.295 e. The third-order valence-corrected chi connectivity index (χ3v) is 3.66. The number of nitro benzene ring substituents is 1. The Kier molecular flexibility index (Phi) is 5.75. The summed E-state index contributed by atoms with van der Waals surface area (Å²) < 4.78 is 13.3. The molecule has 0 aliphatic heterocycles. The second kappa shape index (κ2) is 7.09. The molecular formula is C12H16FN3O3S. The normalized spacial score (nSPS) is 11.9. The van der Waals surface area contributed by atoms with Gasteiger partial charge in [-0.25, -0.2) is 4.39 Å². The molecule has 0 heterocycles. The van der Waals surface area contributed by atoms with Crippen molar-refractivity contribution in [2.24, 2.45) is 0 Å². The van der Waals surface area contributed by atoms with Gasteiger partial charge in [0.15, 0.2) is 0 Å². The minimum atomic E-state index is -0.869. The molecule has 0 bridgehead atoms. The highest BCUT2D eigenvalue weighted by Gasteiger charge is 2.22. The van der Waals surface area contributed by atoms with Crippen LogP contribution < -0.4 is 11.1 Å². The second-order valence-corrected chi connectivity index (χ2v) is 5.50. The third-order valence-electron chi connectivity index (χ3n) is 2.51. The van der Waals surface area contributed by atoms with E-state index in [-0.39, 0.29) is 17.3 Å². The first kappa shape index (κ1) is 16.2. The number of carbonyl (C=O) groups is 1. The number of amides is 1. The van der Waals surface area contributed by atoms with Crippen LogP contribution in [0.3, 0.4) is 0 Å². The lowest BCUT2D eigenvalue weighted by Gasteiger charge is -2.14. The van der Waals surface area contributed by atoms with Gasteiger partial charge < -0.3 is 11.1 Å². The van der Waals surface area contributed by atoms with Crippen molar-refractivity contribution in [2.45, 2.75) is 19.9 Å². The maximum Gasteiger partial charge on any atom is 0.295 e. The largest absolute Gasteiger partial charge is 0.393 e. The summed E-state index contributed by atoms with van der Waals surface area (Å²) in [5.74, 6) is 0.119.